The first-order valence-electron chi connectivity index (χ1n) is 6.96. The molecule has 0 aliphatic carbocycles. The lowest BCUT2D eigenvalue weighted by atomic mass is 10.3. The van der Waals surface area contributed by atoms with Gasteiger partial charge in [-0.1, -0.05) is 16.9 Å². The van der Waals surface area contributed by atoms with Gasteiger partial charge in [-0.15, -0.1) is 0 Å². The molecular formula is C14H16N4O3S2. The molecule has 0 bridgehead atoms. The number of nitrogens with two attached hydrogens (primary N) is 1. The van der Waals surface area contributed by atoms with Crippen molar-refractivity contribution >= 4 is 32.8 Å². The summed E-state index contributed by atoms with van der Waals surface area (Å²) in [6.45, 7) is 4.61. The number of fused-ring (bicyclic) bond motifs is 1. The van der Waals surface area contributed by atoms with Gasteiger partial charge in [-0.2, -0.15) is 0 Å². The van der Waals surface area contributed by atoms with Crippen molar-refractivity contribution in [2.45, 2.75) is 36.2 Å². The van der Waals surface area contributed by atoms with Crippen LogP contribution >= 0.6 is 11.8 Å². The van der Waals surface area contributed by atoms with E-state index >= 15 is 0 Å². The molecule has 122 valence electrons. The number of aryl methyl sites for hydroxylation is 2. The van der Waals surface area contributed by atoms with E-state index in [-0.39, 0.29) is 4.90 Å². The Labute approximate surface area is 137 Å². The fourth-order valence-electron chi connectivity index (χ4n) is 2.30. The van der Waals surface area contributed by atoms with Gasteiger partial charge in [0, 0.05) is 12.6 Å². The zero-order valence-electron chi connectivity index (χ0n) is 12.7. The Morgan fingerprint density at radius 3 is 2.74 bits per heavy atom. The summed E-state index contributed by atoms with van der Waals surface area (Å²) in [6.07, 6.45) is 0. The highest BCUT2D eigenvalue weighted by Gasteiger charge is 2.15. The topological polar surface area (TPSA) is 104 Å². The summed E-state index contributed by atoms with van der Waals surface area (Å²) in [6, 6.07) is 6.61. The maximum Gasteiger partial charge on any atom is 0.238 e. The molecule has 0 fully saturated rings. The SMILES string of the molecule is CCn1c(SCc2cc(C)no2)nc2cc(S(N)(=O)=O)ccc21. The largest absolute Gasteiger partial charge is 0.360 e. The summed E-state index contributed by atoms with van der Waals surface area (Å²) >= 11 is 1.51. The van der Waals surface area contributed by atoms with Crippen molar-refractivity contribution in [2.75, 3.05) is 0 Å². The Kier molecular flexibility index (Phi) is 4.17. The molecule has 2 aromatic heterocycles. The second-order valence-corrected chi connectivity index (χ2v) is 7.56. The van der Waals surface area contributed by atoms with Crippen LogP contribution in [0, 0.1) is 6.92 Å². The fourth-order valence-corrected chi connectivity index (χ4v) is 3.79. The molecule has 0 saturated carbocycles. The van der Waals surface area contributed by atoms with Gasteiger partial charge in [0.1, 0.15) is 5.76 Å². The first-order chi connectivity index (χ1) is 10.9. The lowest BCUT2D eigenvalue weighted by Gasteiger charge is -2.04. The quantitative estimate of drug-likeness (QED) is 0.707. The van der Waals surface area contributed by atoms with Gasteiger partial charge < -0.3 is 9.09 Å². The molecule has 9 heteroatoms. The molecule has 2 N–H and O–H groups in total. The number of primary sulfonamides is 1. The van der Waals surface area contributed by atoms with Crippen molar-refractivity contribution in [1.82, 2.24) is 14.7 Å². The maximum absolute atomic E-state index is 11.5. The third-order valence-electron chi connectivity index (χ3n) is 3.35. The number of thioether (sulfide) groups is 1. The number of aromatic nitrogens is 3. The molecule has 0 atom stereocenters. The molecule has 0 unspecified atom stereocenters. The van der Waals surface area contributed by atoms with E-state index in [4.69, 9.17) is 9.66 Å². The standard InChI is InChI=1S/C14H16N4O3S2/c1-3-18-13-5-4-11(23(15,19)20)7-12(13)16-14(18)22-8-10-6-9(2)17-21-10/h4-7H,3,8H2,1-2H3,(H2,15,19,20). The number of sulfonamides is 1. The zero-order valence-corrected chi connectivity index (χ0v) is 14.3. The summed E-state index contributed by atoms with van der Waals surface area (Å²) in [5.41, 5.74) is 2.31. The van der Waals surface area contributed by atoms with Crippen molar-refractivity contribution in [3.63, 3.8) is 0 Å². The summed E-state index contributed by atoms with van der Waals surface area (Å²) < 4.78 is 30.2. The summed E-state index contributed by atoms with van der Waals surface area (Å²) in [7, 11) is -3.74. The van der Waals surface area contributed by atoms with E-state index in [0.717, 1.165) is 28.7 Å². The lowest BCUT2D eigenvalue weighted by Crippen LogP contribution is -2.11. The number of rotatable bonds is 5. The molecule has 0 aliphatic rings. The third kappa shape index (κ3) is 3.26. The fraction of sp³-hybridized carbons (Fsp3) is 0.286. The summed E-state index contributed by atoms with van der Waals surface area (Å²) in [5.74, 6) is 1.37. The zero-order chi connectivity index (χ0) is 16.6. The van der Waals surface area contributed by atoms with Gasteiger partial charge in [-0.25, -0.2) is 18.5 Å². The first kappa shape index (κ1) is 16.0. The van der Waals surface area contributed by atoms with Gasteiger partial charge in [0.05, 0.1) is 27.4 Å². The van der Waals surface area contributed by atoms with Crippen LogP contribution in [0.4, 0.5) is 0 Å². The van der Waals surface area contributed by atoms with Crippen LogP contribution in [0.25, 0.3) is 11.0 Å². The van der Waals surface area contributed by atoms with E-state index in [1.165, 1.54) is 23.9 Å². The Hall–Kier alpha value is -1.84. The van der Waals surface area contributed by atoms with E-state index in [1.54, 1.807) is 6.07 Å². The van der Waals surface area contributed by atoms with Gasteiger partial charge in [0.25, 0.3) is 0 Å². The summed E-state index contributed by atoms with van der Waals surface area (Å²) in [5, 5.41) is 9.83. The molecule has 0 aliphatic heterocycles. The number of benzene rings is 1. The Balaban J connectivity index is 1.96. The van der Waals surface area contributed by atoms with Gasteiger partial charge in [-0.3, -0.25) is 0 Å². The van der Waals surface area contributed by atoms with Crippen molar-refractivity contribution in [1.29, 1.82) is 0 Å². The smallest absolute Gasteiger partial charge is 0.238 e. The van der Waals surface area contributed by atoms with E-state index < -0.39 is 10.0 Å². The maximum atomic E-state index is 11.5. The van der Waals surface area contributed by atoms with Gasteiger partial charge >= 0.3 is 0 Å². The summed E-state index contributed by atoms with van der Waals surface area (Å²) in [4.78, 5) is 4.59. The van der Waals surface area contributed by atoms with Crippen LogP contribution < -0.4 is 5.14 Å². The molecule has 23 heavy (non-hydrogen) atoms. The van der Waals surface area contributed by atoms with E-state index in [2.05, 4.69) is 10.1 Å². The minimum atomic E-state index is -3.74. The Morgan fingerprint density at radius 2 is 2.13 bits per heavy atom. The lowest BCUT2D eigenvalue weighted by molar-refractivity contribution is 0.391. The molecule has 3 aromatic rings. The van der Waals surface area contributed by atoms with E-state index in [0.29, 0.717) is 11.3 Å². The molecule has 1 aromatic carbocycles. The third-order valence-corrected chi connectivity index (χ3v) is 5.26. The number of imidazole rings is 1. The number of hydrogen-bond donors (Lipinski definition) is 1. The monoisotopic (exact) mass is 352 g/mol. The average Bonchev–Trinajstić information content (AvgIpc) is 3.06. The highest BCUT2D eigenvalue weighted by molar-refractivity contribution is 7.98. The Bertz CT molecular complexity index is 960. The molecule has 0 spiro atoms. The Morgan fingerprint density at radius 1 is 1.35 bits per heavy atom. The van der Waals surface area contributed by atoms with Crippen molar-refractivity contribution in [3.8, 4) is 0 Å². The minimum absolute atomic E-state index is 0.0631. The molecule has 7 nitrogen and oxygen atoms in total. The normalized spacial score (nSPS) is 12.1. The molecule has 0 amide bonds. The van der Waals surface area contributed by atoms with Crippen molar-refractivity contribution < 1.29 is 12.9 Å². The minimum Gasteiger partial charge on any atom is -0.360 e. The molecule has 0 radical (unpaired) electrons. The first-order valence-corrected chi connectivity index (χ1v) is 9.49. The van der Waals surface area contributed by atoms with Gasteiger partial charge in [-0.05, 0) is 32.0 Å². The van der Waals surface area contributed by atoms with Crippen LogP contribution in [0.3, 0.4) is 0 Å². The second-order valence-electron chi connectivity index (χ2n) is 5.06. The predicted molar refractivity (Wildman–Crippen MR) is 87.6 cm³/mol. The van der Waals surface area contributed by atoms with Crippen LogP contribution in [0.5, 0.6) is 0 Å². The predicted octanol–water partition coefficient (Wildman–Crippen LogP) is 2.29. The van der Waals surface area contributed by atoms with Crippen molar-refractivity contribution in [2.24, 2.45) is 5.14 Å². The molecule has 0 saturated heterocycles. The molecular weight excluding hydrogens is 336 g/mol. The second kappa shape index (κ2) is 5.99. The van der Waals surface area contributed by atoms with Gasteiger partial charge in [0.15, 0.2) is 5.16 Å². The van der Waals surface area contributed by atoms with E-state index in [1.807, 2.05) is 24.5 Å². The van der Waals surface area contributed by atoms with Crippen LogP contribution in [0.1, 0.15) is 18.4 Å². The van der Waals surface area contributed by atoms with E-state index in [9.17, 15) is 8.42 Å². The average molecular weight is 352 g/mol. The highest BCUT2D eigenvalue weighted by Crippen LogP contribution is 2.28. The van der Waals surface area contributed by atoms with Crippen LogP contribution in [-0.2, 0) is 22.3 Å². The van der Waals surface area contributed by atoms with Crippen molar-refractivity contribution in [3.05, 3.63) is 35.7 Å². The van der Waals surface area contributed by atoms with Gasteiger partial charge in [0.2, 0.25) is 10.0 Å². The number of nitrogens with zero attached hydrogens (tertiary/aromatic N) is 3. The highest BCUT2D eigenvalue weighted by atomic mass is 32.2. The molecule has 2 heterocycles. The van der Waals surface area contributed by atoms with Crippen LogP contribution in [-0.4, -0.2) is 23.1 Å². The van der Waals surface area contributed by atoms with Crippen LogP contribution in [0.2, 0.25) is 0 Å². The number of hydrogen-bond acceptors (Lipinski definition) is 6. The molecule has 3 rings (SSSR count). The van der Waals surface area contributed by atoms with Crippen LogP contribution in [0.15, 0.2) is 38.8 Å².